The minimum atomic E-state index is -0.471. The van der Waals surface area contributed by atoms with Gasteiger partial charge in [0.2, 0.25) is 5.91 Å². The van der Waals surface area contributed by atoms with E-state index in [-0.39, 0.29) is 24.9 Å². The van der Waals surface area contributed by atoms with Crippen molar-refractivity contribution < 1.29 is 4.79 Å². The summed E-state index contributed by atoms with van der Waals surface area (Å²) in [5.41, 5.74) is -0.894. The fourth-order valence-electron chi connectivity index (χ4n) is 2.71. The van der Waals surface area contributed by atoms with Crippen LogP contribution in [-0.4, -0.2) is 70.0 Å². The van der Waals surface area contributed by atoms with E-state index >= 15 is 0 Å². The Morgan fingerprint density at radius 1 is 1.43 bits per heavy atom. The highest BCUT2D eigenvalue weighted by molar-refractivity contribution is 7.99. The maximum absolute atomic E-state index is 12.6. The third kappa shape index (κ3) is 5.24. The topological polar surface area (TPSA) is 78.4 Å². The number of aromatic amines is 1. The molecule has 1 aliphatic rings. The van der Waals surface area contributed by atoms with E-state index in [9.17, 15) is 14.4 Å². The Kier molecular flexibility index (Phi) is 6.47. The van der Waals surface area contributed by atoms with Crippen molar-refractivity contribution in [2.45, 2.75) is 25.4 Å². The number of aryl methyl sites for hydroxylation is 1. The van der Waals surface area contributed by atoms with E-state index < -0.39 is 11.2 Å². The number of nitrogens with zero attached hydrogens (tertiary/aromatic N) is 3. The van der Waals surface area contributed by atoms with Gasteiger partial charge in [0.25, 0.3) is 5.56 Å². The van der Waals surface area contributed by atoms with Crippen molar-refractivity contribution in [3.63, 3.8) is 0 Å². The molecule has 0 spiro atoms. The molecule has 1 N–H and O–H groups in total. The predicted molar refractivity (Wildman–Crippen MR) is 91.9 cm³/mol. The molecule has 1 aliphatic heterocycles. The summed E-state index contributed by atoms with van der Waals surface area (Å²) in [5.74, 6) is 2.09. The van der Waals surface area contributed by atoms with Gasteiger partial charge in [-0.3, -0.25) is 14.6 Å². The van der Waals surface area contributed by atoms with E-state index in [0.29, 0.717) is 0 Å². The molecular formula is C15H24N4O3S. The SMILES string of the molecule is CN(C)C[C@@H]1CSCCCN1C(=O)CCn1ccc(=O)[nH]c1=O. The Labute approximate surface area is 139 Å². The lowest BCUT2D eigenvalue weighted by Crippen LogP contribution is -2.47. The van der Waals surface area contributed by atoms with Crippen molar-refractivity contribution in [2.75, 3.05) is 38.7 Å². The highest BCUT2D eigenvalue weighted by Crippen LogP contribution is 2.18. The highest BCUT2D eigenvalue weighted by atomic mass is 32.2. The summed E-state index contributed by atoms with van der Waals surface area (Å²) in [6.45, 7) is 1.90. The van der Waals surface area contributed by atoms with Crippen molar-refractivity contribution in [2.24, 2.45) is 0 Å². The first-order valence-corrected chi connectivity index (χ1v) is 8.94. The van der Waals surface area contributed by atoms with E-state index in [1.54, 1.807) is 0 Å². The summed E-state index contributed by atoms with van der Waals surface area (Å²) in [5, 5.41) is 0. The highest BCUT2D eigenvalue weighted by Gasteiger charge is 2.25. The van der Waals surface area contributed by atoms with Crippen molar-refractivity contribution in [3.8, 4) is 0 Å². The molecule has 0 bridgehead atoms. The van der Waals surface area contributed by atoms with Gasteiger partial charge < -0.3 is 14.4 Å². The molecule has 0 aliphatic carbocycles. The number of amides is 1. The van der Waals surface area contributed by atoms with Crippen molar-refractivity contribution in [3.05, 3.63) is 33.1 Å². The van der Waals surface area contributed by atoms with Crippen LogP contribution < -0.4 is 11.2 Å². The number of hydrogen-bond acceptors (Lipinski definition) is 5. The molecule has 7 nitrogen and oxygen atoms in total. The summed E-state index contributed by atoms with van der Waals surface area (Å²) < 4.78 is 1.37. The second kappa shape index (κ2) is 8.35. The Balaban J connectivity index is 2.01. The van der Waals surface area contributed by atoms with Crippen LogP contribution >= 0.6 is 11.8 Å². The molecule has 128 valence electrons. The van der Waals surface area contributed by atoms with Gasteiger partial charge in [-0.1, -0.05) is 0 Å². The monoisotopic (exact) mass is 340 g/mol. The first-order chi connectivity index (χ1) is 11.0. The maximum Gasteiger partial charge on any atom is 0.328 e. The van der Waals surface area contributed by atoms with E-state index in [1.165, 1.54) is 16.8 Å². The molecule has 0 saturated carbocycles. The predicted octanol–water partition coefficient (Wildman–Crippen LogP) is -0.178. The van der Waals surface area contributed by atoms with Gasteiger partial charge >= 0.3 is 5.69 Å². The molecule has 0 aromatic carbocycles. The second-order valence-corrected chi connectivity index (χ2v) is 7.14. The third-order valence-corrected chi connectivity index (χ3v) is 5.00. The van der Waals surface area contributed by atoms with Crippen molar-refractivity contribution in [1.29, 1.82) is 0 Å². The maximum atomic E-state index is 12.6. The number of rotatable bonds is 5. The van der Waals surface area contributed by atoms with Crippen LogP contribution in [0.15, 0.2) is 21.9 Å². The average molecular weight is 340 g/mol. The average Bonchev–Trinajstić information content (AvgIpc) is 2.71. The number of hydrogen-bond donors (Lipinski definition) is 1. The quantitative estimate of drug-likeness (QED) is 0.805. The summed E-state index contributed by atoms with van der Waals surface area (Å²) >= 11 is 1.89. The van der Waals surface area contributed by atoms with Gasteiger partial charge in [0.05, 0.1) is 6.04 Å². The largest absolute Gasteiger partial charge is 0.338 e. The fourth-order valence-corrected chi connectivity index (χ4v) is 3.77. The standard InChI is InChI=1S/C15H24N4O3S/c1-17(2)10-12-11-23-9-3-6-19(12)14(21)5-8-18-7-4-13(20)16-15(18)22/h4,7,12H,3,5-6,8-11H2,1-2H3,(H,16,20,22)/t12-/m1/s1. The molecule has 8 heteroatoms. The number of carbonyl (C=O) groups is 1. The molecule has 1 aromatic rings. The summed E-state index contributed by atoms with van der Waals surface area (Å²) in [4.78, 5) is 41.6. The second-order valence-electron chi connectivity index (χ2n) is 5.99. The smallest absolute Gasteiger partial charge is 0.328 e. The van der Waals surface area contributed by atoms with E-state index in [1.807, 2.05) is 30.8 Å². The lowest BCUT2D eigenvalue weighted by molar-refractivity contribution is -0.133. The fraction of sp³-hybridized carbons (Fsp3) is 0.667. The van der Waals surface area contributed by atoms with Crippen LogP contribution in [0.25, 0.3) is 0 Å². The molecule has 1 amide bonds. The van der Waals surface area contributed by atoms with Crippen molar-refractivity contribution >= 4 is 17.7 Å². The number of aromatic nitrogens is 2. The van der Waals surface area contributed by atoms with Gasteiger partial charge in [0, 0.05) is 44.1 Å². The summed E-state index contributed by atoms with van der Waals surface area (Å²) in [6.07, 6.45) is 2.70. The zero-order valence-corrected chi connectivity index (χ0v) is 14.5. The van der Waals surface area contributed by atoms with Crippen LogP contribution in [0, 0.1) is 0 Å². The minimum absolute atomic E-state index is 0.0671. The van der Waals surface area contributed by atoms with Crippen LogP contribution in [0.3, 0.4) is 0 Å². The van der Waals surface area contributed by atoms with E-state index in [2.05, 4.69) is 9.88 Å². The molecule has 1 atom stereocenters. The molecule has 2 rings (SSSR count). The van der Waals surface area contributed by atoms with Crippen LogP contribution in [-0.2, 0) is 11.3 Å². The van der Waals surface area contributed by atoms with Crippen LogP contribution in [0.5, 0.6) is 0 Å². The Hall–Kier alpha value is -1.54. The Morgan fingerprint density at radius 3 is 2.91 bits per heavy atom. The molecular weight excluding hydrogens is 316 g/mol. The van der Waals surface area contributed by atoms with Gasteiger partial charge in [-0.25, -0.2) is 4.79 Å². The van der Waals surface area contributed by atoms with Gasteiger partial charge in [-0.05, 0) is 26.3 Å². The van der Waals surface area contributed by atoms with Crippen LogP contribution in [0.2, 0.25) is 0 Å². The molecule has 0 unspecified atom stereocenters. The Bertz CT molecular complexity index is 640. The first kappa shape index (κ1) is 17.8. The summed E-state index contributed by atoms with van der Waals surface area (Å²) in [6, 6.07) is 1.50. The first-order valence-electron chi connectivity index (χ1n) is 7.79. The van der Waals surface area contributed by atoms with Crippen LogP contribution in [0.1, 0.15) is 12.8 Å². The number of thioether (sulfide) groups is 1. The molecule has 2 heterocycles. The van der Waals surface area contributed by atoms with Gasteiger partial charge in [-0.15, -0.1) is 0 Å². The molecule has 0 radical (unpaired) electrons. The molecule has 1 fully saturated rings. The van der Waals surface area contributed by atoms with E-state index in [0.717, 1.165) is 31.0 Å². The number of likely N-dealkylation sites (N-methyl/N-ethyl adjacent to an activating group) is 1. The lowest BCUT2D eigenvalue weighted by Gasteiger charge is -2.31. The normalized spacial score (nSPS) is 18.9. The molecule has 23 heavy (non-hydrogen) atoms. The zero-order chi connectivity index (χ0) is 16.8. The van der Waals surface area contributed by atoms with Gasteiger partial charge in [-0.2, -0.15) is 11.8 Å². The summed E-state index contributed by atoms with van der Waals surface area (Å²) in [7, 11) is 4.02. The van der Waals surface area contributed by atoms with Crippen LogP contribution in [0.4, 0.5) is 0 Å². The minimum Gasteiger partial charge on any atom is -0.338 e. The molecule has 1 aromatic heterocycles. The zero-order valence-electron chi connectivity index (χ0n) is 13.7. The van der Waals surface area contributed by atoms with Gasteiger partial charge in [0.15, 0.2) is 0 Å². The Morgan fingerprint density at radius 2 is 2.22 bits per heavy atom. The molecule has 1 saturated heterocycles. The number of carbonyl (C=O) groups excluding carboxylic acids is 1. The van der Waals surface area contributed by atoms with Gasteiger partial charge in [0.1, 0.15) is 0 Å². The lowest BCUT2D eigenvalue weighted by atomic mass is 10.2. The van der Waals surface area contributed by atoms with Crippen molar-refractivity contribution in [1.82, 2.24) is 19.4 Å². The third-order valence-electron chi connectivity index (χ3n) is 3.80. The number of H-pyrrole nitrogens is 1. The number of nitrogens with one attached hydrogen (secondary N) is 1. The van der Waals surface area contributed by atoms with E-state index in [4.69, 9.17) is 0 Å².